The highest BCUT2D eigenvalue weighted by Crippen LogP contribution is 2.13. The highest BCUT2D eigenvalue weighted by atomic mass is 79.9. The number of hydrogen-bond donors (Lipinski definition) is 0. The Kier molecular flexibility index (Phi) is 6.09. The number of carbonyl (C=O) groups excluding carboxylic acids is 1. The third-order valence-corrected chi connectivity index (χ3v) is 3.05. The van der Waals surface area contributed by atoms with E-state index >= 15 is 0 Å². The van der Waals surface area contributed by atoms with Gasteiger partial charge in [-0.1, -0.05) is 34.1 Å². The van der Waals surface area contributed by atoms with Crippen LogP contribution < -0.4 is 0 Å². The van der Waals surface area contributed by atoms with Gasteiger partial charge in [0.1, 0.15) is 0 Å². The zero-order valence-electron chi connectivity index (χ0n) is 10.9. The summed E-state index contributed by atoms with van der Waals surface area (Å²) >= 11 is 3.45. The summed E-state index contributed by atoms with van der Waals surface area (Å²) in [5.41, 5.74) is 1.87. The second-order valence-corrected chi connectivity index (χ2v) is 5.12. The summed E-state index contributed by atoms with van der Waals surface area (Å²) in [7, 11) is 3.41. The first-order valence-corrected chi connectivity index (χ1v) is 6.50. The van der Waals surface area contributed by atoms with E-state index in [9.17, 15) is 4.79 Å². The number of halogens is 1. The van der Waals surface area contributed by atoms with Crippen molar-refractivity contribution in [2.24, 2.45) is 0 Å². The summed E-state index contributed by atoms with van der Waals surface area (Å²) < 4.78 is 5.72. The van der Waals surface area contributed by atoms with Gasteiger partial charge in [0.15, 0.2) is 0 Å². The summed E-state index contributed by atoms with van der Waals surface area (Å²) in [5, 5.41) is 0. The van der Waals surface area contributed by atoms with Crippen molar-refractivity contribution in [2.45, 2.75) is 13.5 Å². The molecule has 0 unspecified atom stereocenters. The Bertz CT molecular complexity index is 443. The maximum atomic E-state index is 11.2. The maximum absolute atomic E-state index is 11.2. The lowest BCUT2D eigenvalue weighted by atomic mass is 10.2. The van der Waals surface area contributed by atoms with E-state index in [0.29, 0.717) is 12.1 Å². The molecule has 0 bridgehead atoms. The Morgan fingerprint density at radius 1 is 1.50 bits per heavy atom. The third kappa shape index (κ3) is 5.02. The predicted octanol–water partition coefficient (Wildman–Crippen LogP) is 3.00. The summed E-state index contributed by atoms with van der Waals surface area (Å²) in [4.78, 5) is 13.3. The molecule has 0 N–H and O–H groups in total. The quantitative estimate of drug-likeness (QED) is 0.618. The van der Waals surface area contributed by atoms with Crippen LogP contribution in [0.25, 0.3) is 0 Å². The fraction of sp³-hybridized carbons (Fsp3) is 0.357. The molecule has 18 heavy (non-hydrogen) atoms. The van der Waals surface area contributed by atoms with Crippen LogP contribution in [0.2, 0.25) is 0 Å². The Morgan fingerprint density at radius 3 is 2.83 bits per heavy atom. The van der Waals surface area contributed by atoms with Gasteiger partial charge in [-0.05, 0) is 31.7 Å². The molecule has 0 atom stereocenters. The molecule has 1 rings (SSSR count). The fourth-order valence-electron chi connectivity index (χ4n) is 1.55. The highest BCUT2D eigenvalue weighted by Gasteiger charge is 2.04. The van der Waals surface area contributed by atoms with Gasteiger partial charge in [-0.15, -0.1) is 0 Å². The topological polar surface area (TPSA) is 29.5 Å². The van der Waals surface area contributed by atoms with Crippen LogP contribution in [0.5, 0.6) is 0 Å². The van der Waals surface area contributed by atoms with Crippen LogP contribution in [0.1, 0.15) is 12.5 Å². The number of carbonyl (C=O) groups is 1. The lowest BCUT2D eigenvalue weighted by Crippen LogP contribution is -2.18. The van der Waals surface area contributed by atoms with Crippen molar-refractivity contribution in [3.05, 3.63) is 46.0 Å². The SMILES string of the molecule is COC(=O)C(C)=CCN(C)Cc1cccc(Br)c1. The summed E-state index contributed by atoms with van der Waals surface area (Å²) in [6, 6.07) is 8.19. The van der Waals surface area contributed by atoms with E-state index in [-0.39, 0.29) is 5.97 Å². The largest absolute Gasteiger partial charge is 0.466 e. The molecule has 0 saturated carbocycles. The Balaban J connectivity index is 2.52. The normalized spacial score (nSPS) is 11.7. The minimum Gasteiger partial charge on any atom is -0.466 e. The molecule has 1 aromatic carbocycles. The van der Waals surface area contributed by atoms with Gasteiger partial charge in [-0.2, -0.15) is 0 Å². The standard InChI is InChI=1S/C14H18BrNO2/c1-11(14(17)18-3)7-8-16(2)10-12-5-4-6-13(15)9-12/h4-7,9H,8,10H2,1-3H3. The van der Waals surface area contributed by atoms with Crippen LogP contribution in [0.4, 0.5) is 0 Å². The smallest absolute Gasteiger partial charge is 0.333 e. The number of hydrogen-bond acceptors (Lipinski definition) is 3. The molecule has 0 spiro atoms. The molecule has 0 heterocycles. The van der Waals surface area contributed by atoms with Gasteiger partial charge in [0.05, 0.1) is 7.11 Å². The van der Waals surface area contributed by atoms with E-state index in [1.54, 1.807) is 6.92 Å². The first-order chi connectivity index (χ1) is 8.52. The van der Waals surface area contributed by atoms with Crippen LogP contribution >= 0.6 is 15.9 Å². The zero-order chi connectivity index (χ0) is 13.5. The van der Waals surface area contributed by atoms with E-state index < -0.39 is 0 Å². The Hall–Kier alpha value is -1.13. The molecule has 0 saturated heterocycles. The van der Waals surface area contributed by atoms with Gasteiger partial charge in [-0.3, -0.25) is 4.90 Å². The van der Waals surface area contributed by atoms with Crippen LogP contribution in [0.15, 0.2) is 40.4 Å². The van der Waals surface area contributed by atoms with Crippen LogP contribution in [-0.2, 0) is 16.1 Å². The maximum Gasteiger partial charge on any atom is 0.333 e. The van der Waals surface area contributed by atoms with Gasteiger partial charge >= 0.3 is 5.97 Å². The number of esters is 1. The van der Waals surface area contributed by atoms with E-state index in [1.807, 2.05) is 25.3 Å². The van der Waals surface area contributed by atoms with Crippen LogP contribution in [-0.4, -0.2) is 31.6 Å². The molecule has 0 fully saturated rings. The third-order valence-electron chi connectivity index (χ3n) is 2.56. The van der Waals surface area contributed by atoms with Gasteiger partial charge < -0.3 is 4.74 Å². The van der Waals surface area contributed by atoms with Gasteiger partial charge in [-0.25, -0.2) is 4.79 Å². The van der Waals surface area contributed by atoms with E-state index in [1.165, 1.54) is 12.7 Å². The van der Waals surface area contributed by atoms with Gasteiger partial charge in [0, 0.05) is 23.1 Å². The summed E-state index contributed by atoms with van der Waals surface area (Å²) in [5.74, 6) is -0.272. The molecular formula is C14H18BrNO2. The molecule has 0 amide bonds. The second-order valence-electron chi connectivity index (χ2n) is 4.21. The first-order valence-electron chi connectivity index (χ1n) is 5.71. The van der Waals surface area contributed by atoms with Gasteiger partial charge in [0.25, 0.3) is 0 Å². The van der Waals surface area contributed by atoms with Crippen molar-refractivity contribution >= 4 is 21.9 Å². The van der Waals surface area contributed by atoms with Crippen molar-refractivity contribution in [2.75, 3.05) is 20.7 Å². The Labute approximate surface area is 117 Å². The number of methoxy groups -OCH3 is 1. The van der Waals surface area contributed by atoms with Gasteiger partial charge in [0.2, 0.25) is 0 Å². The van der Waals surface area contributed by atoms with Crippen molar-refractivity contribution in [1.29, 1.82) is 0 Å². The first kappa shape index (κ1) is 14.9. The highest BCUT2D eigenvalue weighted by molar-refractivity contribution is 9.10. The molecule has 0 aliphatic carbocycles. The van der Waals surface area contributed by atoms with Crippen LogP contribution in [0, 0.1) is 0 Å². The van der Waals surface area contributed by atoms with Crippen molar-refractivity contribution in [1.82, 2.24) is 4.90 Å². The summed E-state index contributed by atoms with van der Waals surface area (Å²) in [6.45, 7) is 3.32. The number of nitrogens with zero attached hydrogens (tertiary/aromatic N) is 1. The molecule has 1 aromatic rings. The number of rotatable bonds is 5. The summed E-state index contributed by atoms with van der Waals surface area (Å²) in [6.07, 6.45) is 1.88. The van der Waals surface area contributed by atoms with E-state index in [4.69, 9.17) is 0 Å². The molecular weight excluding hydrogens is 294 g/mol. The lowest BCUT2D eigenvalue weighted by molar-refractivity contribution is -0.136. The predicted molar refractivity (Wildman–Crippen MR) is 76.2 cm³/mol. The van der Waals surface area contributed by atoms with Crippen molar-refractivity contribution in [3.63, 3.8) is 0 Å². The number of benzene rings is 1. The van der Waals surface area contributed by atoms with Crippen LogP contribution in [0.3, 0.4) is 0 Å². The molecule has 98 valence electrons. The molecule has 4 heteroatoms. The van der Waals surface area contributed by atoms with E-state index in [2.05, 4.69) is 37.7 Å². The Morgan fingerprint density at radius 2 is 2.22 bits per heavy atom. The van der Waals surface area contributed by atoms with Crippen molar-refractivity contribution < 1.29 is 9.53 Å². The molecule has 0 aliphatic rings. The van der Waals surface area contributed by atoms with Crippen molar-refractivity contribution in [3.8, 4) is 0 Å². The molecule has 3 nitrogen and oxygen atoms in total. The number of ether oxygens (including phenoxy) is 1. The average molecular weight is 312 g/mol. The second kappa shape index (κ2) is 7.34. The minimum atomic E-state index is -0.272. The monoisotopic (exact) mass is 311 g/mol. The molecule has 0 radical (unpaired) electrons. The molecule has 0 aromatic heterocycles. The fourth-order valence-corrected chi connectivity index (χ4v) is 2.00. The lowest BCUT2D eigenvalue weighted by Gasteiger charge is -2.15. The zero-order valence-corrected chi connectivity index (χ0v) is 12.5. The minimum absolute atomic E-state index is 0.272. The van der Waals surface area contributed by atoms with E-state index in [0.717, 1.165) is 11.0 Å². The average Bonchev–Trinajstić information content (AvgIpc) is 2.35. The molecule has 0 aliphatic heterocycles. The number of likely N-dealkylation sites (N-methyl/N-ethyl adjacent to an activating group) is 1.